The Labute approximate surface area is 127 Å². The van der Waals surface area contributed by atoms with Gasteiger partial charge in [-0.05, 0) is 40.0 Å². The molecule has 0 rings (SSSR count). The van der Waals surface area contributed by atoms with Gasteiger partial charge in [-0.25, -0.2) is 4.79 Å². The minimum Gasteiger partial charge on any atom is -0.480 e. The molecule has 0 aliphatic heterocycles. The number of hydrogen-bond donors (Lipinski definition) is 3. The highest BCUT2D eigenvalue weighted by molar-refractivity contribution is 5.73. The third-order valence-electron chi connectivity index (χ3n) is 2.43. The zero-order valence-electron chi connectivity index (χ0n) is 12.9. The molecule has 0 radical (unpaired) electrons. The predicted molar refractivity (Wildman–Crippen MR) is 73.6 cm³/mol. The van der Waals surface area contributed by atoms with Crippen molar-refractivity contribution in [1.29, 1.82) is 0 Å². The molecule has 1 amide bonds. The third kappa shape index (κ3) is 12.2. The van der Waals surface area contributed by atoms with Gasteiger partial charge in [0, 0.05) is 6.54 Å². The molecule has 0 aromatic carbocycles. The topological polar surface area (TPSA) is 87.7 Å². The number of rotatable bonds is 8. The third-order valence-corrected chi connectivity index (χ3v) is 2.43. The SMILES string of the molecule is CC(C)(C)OC(=O)NCCCC[C@H](NCC(F)(F)F)C(=O)O. The second-order valence-electron chi connectivity index (χ2n) is 5.81. The number of carboxylic acid groups (broad SMARTS) is 1. The molecule has 0 saturated carbocycles. The van der Waals surface area contributed by atoms with Gasteiger partial charge in [0.15, 0.2) is 0 Å². The van der Waals surface area contributed by atoms with E-state index < -0.39 is 36.4 Å². The van der Waals surface area contributed by atoms with E-state index in [0.717, 1.165) is 0 Å². The van der Waals surface area contributed by atoms with Crippen molar-refractivity contribution >= 4 is 12.1 Å². The molecule has 0 aliphatic rings. The molecule has 0 heterocycles. The van der Waals surface area contributed by atoms with Crippen molar-refractivity contribution in [2.45, 2.75) is 57.9 Å². The summed E-state index contributed by atoms with van der Waals surface area (Å²) in [6, 6.07) is -1.26. The van der Waals surface area contributed by atoms with Crippen molar-refractivity contribution in [3.05, 3.63) is 0 Å². The van der Waals surface area contributed by atoms with Crippen LogP contribution in [0.5, 0.6) is 0 Å². The number of carbonyl (C=O) groups excluding carboxylic acids is 1. The zero-order valence-corrected chi connectivity index (χ0v) is 12.9. The van der Waals surface area contributed by atoms with E-state index in [2.05, 4.69) is 5.32 Å². The average Bonchev–Trinajstić information content (AvgIpc) is 2.28. The average molecular weight is 328 g/mol. The number of amides is 1. The van der Waals surface area contributed by atoms with Gasteiger partial charge in [-0.1, -0.05) is 0 Å². The van der Waals surface area contributed by atoms with Crippen LogP contribution >= 0.6 is 0 Å². The molecule has 3 N–H and O–H groups in total. The summed E-state index contributed by atoms with van der Waals surface area (Å²) < 4.78 is 41.1. The summed E-state index contributed by atoms with van der Waals surface area (Å²) in [5.74, 6) is -1.33. The molecule has 0 spiro atoms. The highest BCUT2D eigenvalue weighted by atomic mass is 19.4. The Morgan fingerprint density at radius 1 is 1.18 bits per heavy atom. The molecule has 0 aliphatic carbocycles. The van der Waals surface area contributed by atoms with E-state index in [1.807, 2.05) is 5.32 Å². The Kier molecular flexibility index (Phi) is 8.21. The van der Waals surface area contributed by atoms with Gasteiger partial charge in [-0.2, -0.15) is 13.2 Å². The Morgan fingerprint density at radius 2 is 1.77 bits per heavy atom. The fraction of sp³-hybridized carbons (Fsp3) is 0.846. The first kappa shape index (κ1) is 20.5. The van der Waals surface area contributed by atoms with E-state index >= 15 is 0 Å². The largest absolute Gasteiger partial charge is 0.480 e. The summed E-state index contributed by atoms with van der Waals surface area (Å²) in [6.45, 7) is 4.07. The number of unbranched alkanes of at least 4 members (excludes halogenated alkanes) is 1. The number of nitrogens with one attached hydrogen (secondary N) is 2. The lowest BCUT2D eigenvalue weighted by atomic mass is 10.1. The van der Waals surface area contributed by atoms with E-state index in [1.165, 1.54) is 0 Å². The van der Waals surface area contributed by atoms with Crippen molar-refractivity contribution in [3.8, 4) is 0 Å². The summed E-state index contributed by atoms with van der Waals surface area (Å²) in [5.41, 5.74) is -0.611. The highest BCUT2D eigenvalue weighted by Crippen LogP contribution is 2.13. The van der Waals surface area contributed by atoms with Gasteiger partial charge in [-0.3, -0.25) is 10.1 Å². The molecule has 22 heavy (non-hydrogen) atoms. The van der Waals surface area contributed by atoms with E-state index in [-0.39, 0.29) is 13.0 Å². The van der Waals surface area contributed by atoms with Gasteiger partial charge in [0.1, 0.15) is 11.6 Å². The predicted octanol–water partition coefficient (Wildman–Crippen LogP) is 2.29. The number of alkyl carbamates (subject to hydrolysis) is 1. The lowest BCUT2D eigenvalue weighted by molar-refractivity contribution is -0.143. The first-order chi connectivity index (χ1) is 9.91. The number of halogens is 3. The molecular weight excluding hydrogens is 305 g/mol. The van der Waals surface area contributed by atoms with Crippen molar-refractivity contribution < 1.29 is 32.6 Å². The normalized spacial score (nSPS) is 13.5. The van der Waals surface area contributed by atoms with Crippen LogP contribution in [-0.2, 0) is 9.53 Å². The molecular formula is C13H23F3N2O4. The first-order valence-corrected chi connectivity index (χ1v) is 6.90. The molecule has 0 fully saturated rings. The Bertz CT molecular complexity index is 367. The van der Waals surface area contributed by atoms with Crippen molar-refractivity contribution in [2.75, 3.05) is 13.1 Å². The van der Waals surface area contributed by atoms with Gasteiger partial charge in [0.25, 0.3) is 0 Å². The number of hydrogen-bond acceptors (Lipinski definition) is 4. The number of carbonyl (C=O) groups is 2. The number of aliphatic carboxylic acids is 1. The van der Waals surface area contributed by atoms with Gasteiger partial charge in [0.05, 0.1) is 6.54 Å². The Hall–Kier alpha value is -1.51. The standard InChI is InChI=1S/C13H23F3N2O4/c1-12(2,3)22-11(21)17-7-5-4-6-9(10(19)20)18-8-13(14,15)16/h9,18H,4-8H2,1-3H3,(H,17,21)(H,19,20)/t9-/m0/s1. The van der Waals surface area contributed by atoms with E-state index in [0.29, 0.717) is 12.8 Å². The summed E-state index contributed by atoms with van der Waals surface area (Å²) in [7, 11) is 0. The van der Waals surface area contributed by atoms with Crippen LogP contribution in [0.3, 0.4) is 0 Å². The molecule has 0 saturated heterocycles. The molecule has 0 aromatic rings. The molecule has 0 aromatic heterocycles. The maximum atomic E-state index is 12.0. The van der Waals surface area contributed by atoms with Crippen LogP contribution < -0.4 is 10.6 Å². The van der Waals surface area contributed by atoms with Crippen molar-refractivity contribution in [2.24, 2.45) is 0 Å². The second-order valence-corrected chi connectivity index (χ2v) is 5.81. The molecule has 6 nitrogen and oxygen atoms in total. The molecule has 0 bridgehead atoms. The van der Waals surface area contributed by atoms with Gasteiger partial charge in [-0.15, -0.1) is 0 Å². The summed E-state index contributed by atoms with van der Waals surface area (Å²) in [5, 5.41) is 13.3. The van der Waals surface area contributed by atoms with Crippen LogP contribution in [0.2, 0.25) is 0 Å². The fourth-order valence-electron chi connectivity index (χ4n) is 1.53. The molecule has 0 unspecified atom stereocenters. The summed E-state index contributed by atoms with van der Waals surface area (Å²) in [4.78, 5) is 22.1. The van der Waals surface area contributed by atoms with Crippen LogP contribution in [0.1, 0.15) is 40.0 Å². The monoisotopic (exact) mass is 328 g/mol. The van der Waals surface area contributed by atoms with Crippen LogP contribution in [0.4, 0.5) is 18.0 Å². The first-order valence-electron chi connectivity index (χ1n) is 6.90. The lowest BCUT2D eigenvalue weighted by Gasteiger charge is -2.19. The molecule has 9 heteroatoms. The fourth-order valence-corrected chi connectivity index (χ4v) is 1.53. The minimum absolute atomic E-state index is 0.0431. The van der Waals surface area contributed by atoms with Crippen LogP contribution in [-0.4, -0.2) is 48.1 Å². The lowest BCUT2D eigenvalue weighted by Crippen LogP contribution is -2.42. The highest BCUT2D eigenvalue weighted by Gasteiger charge is 2.29. The minimum atomic E-state index is -4.45. The van der Waals surface area contributed by atoms with Crippen LogP contribution in [0, 0.1) is 0 Å². The smallest absolute Gasteiger partial charge is 0.407 e. The second kappa shape index (κ2) is 8.82. The molecule has 1 atom stereocenters. The number of carboxylic acids is 1. The van der Waals surface area contributed by atoms with Gasteiger partial charge >= 0.3 is 18.2 Å². The Balaban J connectivity index is 3.91. The summed E-state index contributed by atoms with van der Waals surface area (Å²) >= 11 is 0. The van der Waals surface area contributed by atoms with Gasteiger partial charge < -0.3 is 15.2 Å². The Morgan fingerprint density at radius 3 is 2.23 bits per heavy atom. The van der Waals surface area contributed by atoms with Crippen molar-refractivity contribution in [3.63, 3.8) is 0 Å². The van der Waals surface area contributed by atoms with E-state index in [4.69, 9.17) is 9.84 Å². The zero-order chi connectivity index (χ0) is 17.4. The van der Waals surface area contributed by atoms with Crippen LogP contribution in [0.15, 0.2) is 0 Å². The summed E-state index contributed by atoms with van der Waals surface area (Å²) in [6.07, 6.45) is -4.20. The maximum Gasteiger partial charge on any atom is 0.407 e. The number of alkyl halides is 3. The van der Waals surface area contributed by atoms with E-state index in [1.54, 1.807) is 20.8 Å². The number of ether oxygens (including phenoxy) is 1. The molecule has 130 valence electrons. The van der Waals surface area contributed by atoms with Crippen LogP contribution in [0.25, 0.3) is 0 Å². The van der Waals surface area contributed by atoms with E-state index in [9.17, 15) is 22.8 Å². The van der Waals surface area contributed by atoms with Gasteiger partial charge in [0.2, 0.25) is 0 Å². The van der Waals surface area contributed by atoms with Crippen molar-refractivity contribution in [1.82, 2.24) is 10.6 Å². The maximum absolute atomic E-state index is 12.0. The quantitative estimate of drug-likeness (QED) is 0.595.